The number of hydrogen-bond acceptors (Lipinski definition) is 4. The number of methoxy groups -OCH3 is 1. The minimum Gasteiger partial charge on any atom is -0.385 e. The van der Waals surface area contributed by atoms with E-state index in [0.717, 1.165) is 25.1 Å². The van der Waals surface area contributed by atoms with Crippen LogP contribution in [-0.2, 0) is 21.2 Å². The van der Waals surface area contributed by atoms with Crippen molar-refractivity contribution >= 4 is 21.4 Å². The van der Waals surface area contributed by atoms with Gasteiger partial charge in [-0.15, -0.1) is 0 Å². The quantitative estimate of drug-likeness (QED) is 0.849. The van der Waals surface area contributed by atoms with E-state index >= 15 is 0 Å². The van der Waals surface area contributed by atoms with Gasteiger partial charge in [0.2, 0.25) is 10.0 Å². The van der Waals surface area contributed by atoms with Gasteiger partial charge in [-0.05, 0) is 30.5 Å². The number of rotatable bonds is 5. The molecule has 2 N–H and O–H groups in total. The second-order valence-electron chi connectivity index (χ2n) is 4.32. The molecule has 0 bridgehead atoms. The molecule has 1 aliphatic heterocycles. The zero-order valence-corrected chi connectivity index (χ0v) is 11.2. The first-order chi connectivity index (χ1) is 8.61. The molecular weight excluding hydrogens is 252 g/mol. The van der Waals surface area contributed by atoms with Crippen molar-refractivity contribution in [2.75, 3.05) is 36.1 Å². The number of ether oxygens (including phenoxy) is 1. The number of nitrogens with one attached hydrogen (secondary N) is 2. The number of benzene rings is 1. The van der Waals surface area contributed by atoms with Crippen LogP contribution < -0.4 is 10.0 Å². The molecular formula is C12H18N2O3S. The lowest BCUT2D eigenvalue weighted by Gasteiger charge is -2.19. The predicted octanol–water partition coefficient (Wildman–Crippen LogP) is 1.43. The molecule has 0 spiro atoms. The fourth-order valence-electron chi connectivity index (χ4n) is 1.95. The molecule has 2 rings (SSSR count). The van der Waals surface area contributed by atoms with E-state index in [9.17, 15) is 8.42 Å². The molecule has 5 nitrogen and oxygen atoms in total. The third-order valence-corrected chi connectivity index (χ3v) is 4.13. The van der Waals surface area contributed by atoms with Crippen molar-refractivity contribution in [2.45, 2.75) is 12.8 Å². The van der Waals surface area contributed by atoms with Crippen LogP contribution in [0.2, 0.25) is 0 Å². The summed E-state index contributed by atoms with van der Waals surface area (Å²) in [6.07, 6.45) is 2.16. The normalized spacial score (nSPS) is 14.7. The van der Waals surface area contributed by atoms with Crippen LogP contribution in [0.3, 0.4) is 0 Å². The molecule has 0 unspecified atom stereocenters. The van der Waals surface area contributed by atoms with Gasteiger partial charge in [-0.2, -0.15) is 0 Å². The number of fused-ring (bicyclic) bond motifs is 1. The molecule has 100 valence electrons. The Morgan fingerprint density at radius 1 is 1.44 bits per heavy atom. The van der Waals surface area contributed by atoms with Gasteiger partial charge in [-0.1, -0.05) is 6.07 Å². The van der Waals surface area contributed by atoms with E-state index in [1.165, 1.54) is 12.7 Å². The maximum Gasteiger partial charge on any atom is 0.235 e. The van der Waals surface area contributed by atoms with E-state index in [1.54, 1.807) is 6.07 Å². The Morgan fingerprint density at radius 2 is 2.28 bits per heavy atom. The summed E-state index contributed by atoms with van der Waals surface area (Å²) in [5, 5.41) is 3.27. The predicted molar refractivity (Wildman–Crippen MR) is 72.5 cm³/mol. The first-order valence-electron chi connectivity index (χ1n) is 5.97. The van der Waals surface area contributed by atoms with Crippen molar-refractivity contribution in [1.29, 1.82) is 0 Å². The zero-order valence-electron chi connectivity index (χ0n) is 10.4. The van der Waals surface area contributed by atoms with Crippen LogP contribution >= 0.6 is 0 Å². The average molecular weight is 270 g/mol. The largest absolute Gasteiger partial charge is 0.385 e. The molecule has 0 fully saturated rings. The third kappa shape index (κ3) is 3.36. The lowest BCUT2D eigenvalue weighted by Crippen LogP contribution is -2.20. The topological polar surface area (TPSA) is 67.4 Å². The van der Waals surface area contributed by atoms with Crippen LogP contribution in [0.4, 0.5) is 11.4 Å². The Balaban J connectivity index is 2.10. The maximum absolute atomic E-state index is 11.7. The molecule has 1 aromatic carbocycles. The van der Waals surface area contributed by atoms with Gasteiger partial charge in [0, 0.05) is 19.3 Å². The Hall–Kier alpha value is -1.27. The monoisotopic (exact) mass is 270 g/mol. The van der Waals surface area contributed by atoms with Crippen LogP contribution in [-0.4, -0.2) is 34.4 Å². The van der Waals surface area contributed by atoms with Gasteiger partial charge in [0.15, 0.2) is 0 Å². The Bertz CT molecular complexity index is 514. The summed E-state index contributed by atoms with van der Waals surface area (Å²) in [7, 11) is -1.84. The highest BCUT2D eigenvalue weighted by Crippen LogP contribution is 2.25. The highest BCUT2D eigenvalue weighted by molar-refractivity contribution is 7.92. The van der Waals surface area contributed by atoms with Crippen molar-refractivity contribution in [3.8, 4) is 0 Å². The van der Waals surface area contributed by atoms with Crippen LogP contribution in [0.5, 0.6) is 0 Å². The molecule has 6 heteroatoms. The number of anilines is 2. The third-order valence-electron chi connectivity index (χ3n) is 2.88. The molecule has 1 aliphatic rings. The first kappa shape index (κ1) is 13.2. The van der Waals surface area contributed by atoms with Crippen LogP contribution in [0.15, 0.2) is 18.2 Å². The van der Waals surface area contributed by atoms with Gasteiger partial charge in [-0.3, -0.25) is 4.72 Å². The molecule has 0 radical (unpaired) electrons. The molecule has 0 aliphatic carbocycles. The molecule has 0 atom stereocenters. The molecule has 0 saturated carbocycles. The molecule has 1 heterocycles. The van der Waals surface area contributed by atoms with Gasteiger partial charge >= 0.3 is 0 Å². The Kier molecular flexibility index (Phi) is 4.08. The molecule has 1 aromatic rings. The van der Waals surface area contributed by atoms with E-state index < -0.39 is 10.0 Å². The van der Waals surface area contributed by atoms with Crippen molar-refractivity contribution in [3.05, 3.63) is 23.8 Å². The molecule has 18 heavy (non-hydrogen) atoms. The van der Waals surface area contributed by atoms with Crippen LogP contribution in [0, 0.1) is 0 Å². The van der Waals surface area contributed by atoms with Crippen molar-refractivity contribution in [2.24, 2.45) is 0 Å². The van der Waals surface area contributed by atoms with E-state index in [-0.39, 0.29) is 12.4 Å². The highest BCUT2D eigenvalue weighted by Gasteiger charge is 2.13. The number of sulfonamides is 1. The summed E-state index contributed by atoms with van der Waals surface area (Å²) in [4.78, 5) is 0. The number of hydrogen-bond donors (Lipinski definition) is 2. The highest BCUT2D eigenvalue weighted by atomic mass is 32.2. The summed E-state index contributed by atoms with van der Waals surface area (Å²) in [5.74, 6) is -0.0337. The first-order valence-corrected chi connectivity index (χ1v) is 7.62. The van der Waals surface area contributed by atoms with E-state index in [4.69, 9.17) is 4.74 Å². The average Bonchev–Trinajstić information content (AvgIpc) is 2.36. The van der Waals surface area contributed by atoms with Crippen LogP contribution in [0.25, 0.3) is 0 Å². The maximum atomic E-state index is 11.7. The Morgan fingerprint density at radius 3 is 3.06 bits per heavy atom. The zero-order chi connectivity index (χ0) is 13.0. The standard InChI is InChI=1S/C12H18N2O3S/c1-17-7-8-18(15,16)14-11-5-4-10-3-2-6-13-12(10)9-11/h4-5,9,13-14H,2-3,6-8H2,1H3. The molecule has 0 saturated heterocycles. The molecule has 0 amide bonds. The second kappa shape index (κ2) is 5.58. The van der Waals surface area contributed by atoms with Crippen molar-refractivity contribution < 1.29 is 13.2 Å². The van der Waals surface area contributed by atoms with Crippen molar-refractivity contribution in [1.82, 2.24) is 0 Å². The van der Waals surface area contributed by atoms with Gasteiger partial charge in [-0.25, -0.2) is 8.42 Å². The Labute approximate surface area is 108 Å². The summed E-state index contributed by atoms with van der Waals surface area (Å²) in [5.41, 5.74) is 2.86. The SMILES string of the molecule is COCCS(=O)(=O)Nc1ccc2c(c1)NCCC2. The van der Waals surface area contributed by atoms with E-state index in [0.29, 0.717) is 5.69 Å². The fraction of sp³-hybridized carbons (Fsp3) is 0.500. The van der Waals surface area contributed by atoms with Gasteiger partial charge in [0.25, 0.3) is 0 Å². The summed E-state index contributed by atoms with van der Waals surface area (Å²) in [6.45, 7) is 1.13. The van der Waals surface area contributed by atoms with Crippen molar-refractivity contribution in [3.63, 3.8) is 0 Å². The van der Waals surface area contributed by atoms with E-state index in [1.807, 2.05) is 12.1 Å². The van der Waals surface area contributed by atoms with Crippen LogP contribution in [0.1, 0.15) is 12.0 Å². The van der Waals surface area contributed by atoms with Gasteiger partial charge < -0.3 is 10.1 Å². The summed E-state index contributed by atoms with van der Waals surface area (Å²) >= 11 is 0. The lowest BCUT2D eigenvalue weighted by atomic mass is 10.0. The minimum atomic E-state index is -3.33. The smallest absolute Gasteiger partial charge is 0.235 e. The number of aryl methyl sites for hydroxylation is 1. The van der Waals surface area contributed by atoms with E-state index in [2.05, 4.69) is 10.0 Å². The minimum absolute atomic E-state index is 0.0337. The summed E-state index contributed by atoms with van der Waals surface area (Å²) < 4.78 is 30.8. The van der Waals surface area contributed by atoms with Gasteiger partial charge in [0.1, 0.15) is 0 Å². The lowest BCUT2D eigenvalue weighted by molar-refractivity contribution is 0.217. The second-order valence-corrected chi connectivity index (χ2v) is 6.16. The van der Waals surface area contributed by atoms with Gasteiger partial charge in [0.05, 0.1) is 18.0 Å². The molecule has 0 aromatic heterocycles. The summed E-state index contributed by atoms with van der Waals surface area (Å²) in [6, 6.07) is 5.62. The fourth-order valence-corrected chi connectivity index (χ4v) is 2.92.